The van der Waals surface area contributed by atoms with Crippen molar-refractivity contribution in [3.63, 3.8) is 0 Å². The molecule has 0 aliphatic heterocycles. The first-order chi connectivity index (χ1) is 12.0. The summed E-state index contributed by atoms with van der Waals surface area (Å²) in [5.41, 5.74) is 4.22. The van der Waals surface area contributed by atoms with Crippen LogP contribution in [0.25, 0.3) is 11.3 Å². The predicted octanol–water partition coefficient (Wildman–Crippen LogP) is 3.14. The summed E-state index contributed by atoms with van der Waals surface area (Å²) in [6.45, 7) is 4.75. The highest BCUT2D eigenvalue weighted by atomic mass is 19.1. The minimum absolute atomic E-state index is 0.247. The highest BCUT2D eigenvalue weighted by Crippen LogP contribution is 2.31. The Morgan fingerprint density at radius 1 is 1.28 bits per heavy atom. The first-order valence-electron chi connectivity index (χ1n) is 8.26. The molecule has 1 atom stereocenters. The lowest BCUT2D eigenvalue weighted by Crippen LogP contribution is -2.01. The van der Waals surface area contributed by atoms with Gasteiger partial charge in [-0.05, 0) is 43.2 Å². The van der Waals surface area contributed by atoms with E-state index >= 15 is 0 Å². The second-order valence-corrected chi connectivity index (χ2v) is 5.98. The molecule has 132 valence electrons. The van der Waals surface area contributed by atoms with E-state index < -0.39 is 0 Å². The fraction of sp³-hybridized carbons (Fsp3) is 0.389. The second kappa shape index (κ2) is 7.14. The number of hydrogen-bond acceptors (Lipinski definition) is 4. The fourth-order valence-corrected chi connectivity index (χ4v) is 2.85. The van der Waals surface area contributed by atoms with E-state index in [1.54, 1.807) is 25.0 Å². The van der Waals surface area contributed by atoms with E-state index in [1.165, 1.54) is 12.1 Å². The molecule has 0 saturated heterocycles. The molecule has 0 N–H and O–H groups in total. The molecule has 0 spiro atoms. The number of aryl methyl sites for hydroxylation is 2. The Balaban J connectivity index is 2.03. The van der Waals surface area contributed by atoms with Crippen molar-refractivity contribution < 1.29 is 9.13 Å². The molecule has 1 unspecified atom stereocenters. The number of benzene rings is 1. The van der Waals surface area contributed by atoms with Crippen molar-refractivity contribution in [1.82, 2.24) is 24.8 Å². The van der Waals surface area contributed by atoms with Gasteiger partial charge in [0.2, 0.25) is 0 Å². The van der Waals surface area contributed by atoms with E-state index in [2.05, 4.69) is 15.3 Å². The van der Waals surface area contributed by atoms with Gasteiger partial charge in [0.15, 0.2) is 0 Å². The van der Waals surface area contributed by atoms with Crippen molar-refractivity contribution in [3.8, 4) is 11.3 Å². The topological polar surface area (TPSA) is 57.8 Å². The monoisotopic (exact) mass is 343 g/mol. The molecule has 25 heavy (non-hydrogen) atoms. The Hall–Kier alpha value is -2.54. The van der Waals surface area contributed by atoms with Crippen LogP contribution in [0.15, 0.2) is 30.6 Å². The Morgan fingerprint density at radius 2 is 2.08 bits per heavy atom. The van der Waals surface area contributed by atoms with Crippen molar-refractivity contribution in [2.45, 2.75) is 32.9 Å². The summed E-state index contributed by atoms with van der Waals surface area (Å²) in [4.78, 5) is 1.54. The molecule has 0 saturated carbocycles. The third kappa shape index (κ3) is 3.61. The highest BCUT2D eigenvalue weighted by molar-refractivity contribution is 5.66. The van der Waals surface area contributed by atoms with Crippen LogP contribution < -0.4 is 0 Å². The van der Waals surface area contributed by atoms with Crippen LogP contribution in [0.3, 0.4) is 0 Å². The van der Waals surface area contributed by atoms with Gasteiger partial charge in [-0.2, -0.15) is 20.1 Å². The summed E-state index contributed by atoms with van der Waals surface area (Å²) in [5.74, 6) is -0.294. The molecular weight excluding hydrogens is 321 g/mol. The summed E-state index contributed by atoms with van der Waals surface area (Å²) in [6, 6.07) is 4.68. The highest BCUT2D eigenvalue weighted by Gasteiger charge is 2.19. The SMILES string of the molecule is CCn1cc(Cc2nn(C)nc2-c2ccc(F)cc2C(C)OC)cn1. The summed E-state index contributed by atoms with van der Waals surface area (Å²) >= 11 is 0. The maximum atomic E-state index is 13.7. The van der Waals surface area contributed by atoms with Gasteiger partial charge in [-0.15, -0.1) is 0 Å². The van der Waals surface area contributed by atoms with Gasteiger partial charge in [0, 0.05) is 38.9 Å². The van der Waals surface area contributed by atoms with E-state index in [0.29, 0.717) is 6.42 Å². The number of halogens is 1. The van der Waals surface area contributed by atoms with E-state index in [-0.39, 0.29) is 11.9 Å². The van der Waals surface area contributed by atoms with Crippen LogP contribution in [0.1, 0.15) is 36.8 Å². The maximum absolute atomic E-state index is 13.7. The Morgan fingerprint density at radius 3 is 2.76 bits per heavy atom. The summed E-state index contributed by atoms with van der Waals surface area (Å²) in [7, 11) is 3.39. The van der Waals surface area contributed by atoms with E-state index in [4.69, 9.17) is 4.74 Å². The minimum atomic E-state index is -0.294. The van der Waals surface area contributed by atoms with Crippen molar-refractivity contribution in [2.75, 3.05) is 7.11 Å². The van der Waals surface area contributed by atoms with Gasteiger partial charge >= 0.3 is 0 Å². The molecule has 0 aliphatic rings. The van der Waals surface area contributed by atoms with Crippen molar-refractivity contribution in [1.29, 1.82) is 0 Å². The molecule has 1 aromatic carbocycles. The van der Waals surface area contributed by atoms with Gasteiger partial charge in [-0.25, -0.2) is 4.39 Å². The maximum Gasteiger partial charge on any atom is 0.123 e. The molecule has 0 aliphatic carbocycles. The van der Waals surface area contributed by atoms with Gasteiger partial charge in [-0.1, -0.05) is 0 Å². The number of hydrogen-bond donors (Lipinski definition) is 0. The average molecular weight is 343 g/mol. The van der Waals surface area contributed by atoms with Crippen LogP contribution in [0, 0.1) is 5.82 Å². The Bertz CT molecular complexity index is 870. The lowest BCUT2D eigenvalue weighted by Gasteiger charge is -2.14. The first-order valence-corrected chi connectivity index (χ1v) is 8.26. The number of ether oxygens (including phenoxy) is 1. The molecule has 7 heteroatoms. The molecular formula is C18H22FN5O. The zero-order valence-electron chi connectivity index (χ0n) is 14.9. The number of rotatable bonds is 6. The van der Waals surface area contributed by atoms with Crippen LogP contribution >= 0.6 is 0 Å². The zero-order valence-corrected chi connectivity index (χ0v) is 14.9. The molecule has 0 fully saturated rings. The molecule has 0 bridgehead atoms. The molecule has 2 aromatic heterocycles. The lowest BCUT2D eigenvalue weighted by molar-refractivity contribution is 0.119. The van der Waals surface area contributed by atoms with Crippen LogP contribution in [0.4, 0.5) is 4.39 Å². The predicted molar refractivity (Wildman–Crippen MR) is 92.5 cm³/mol. The van der Waals surface area contributed by atoms with Crippen molar-refractivity contribution >= 4 is 0 Å². The van der Waals surface area contributed by atoms with E-state index in [0.717, 1.165) is 34.6 Å². The van der Waals surface area contributed by atoms with E-state index in [9.17, 15) is 4.39 Å². The average Bonchev–Trinajstić information content (AvgIpc) is 3.20. The fourth-order valence-electron chi connectivity index (χ4n) is 2.85. The van der Waals surface area contributed by atoms with Crippen molar-refractivity contribution in [2.24, 2.45) is 7.05 Å². The van der Waals surface area contributed by atoms with Crippen LogP contribution in [0.2, 0.25) is 0 Å². The van der Waals surface area contributed by atoms with Gasteiger partial charge in [0.05, 0.1) is 18.0 Å². The van der Waals surface area contributed by atoms with Gasteiger partial charge < -0.3 is 4.74 Å². The summed E-state index contributed by atoms with van der Waals surface area (Å²) < 4.78 is 21.0. The quantitative estimate of drug-likeness (QED) is 0.690. The molecule has 3 aromatic rings. The molecule has 0 radical (unpaired) electrons. The standard InChI is InChI=1S/C18H22FN5O/c1-5-24-11-13(10-20-24)8-17-18(22-23(3)21-17)15-7-6-14(19)9-16(15)12(2)25-4/h6-7,9-12H,5,8H2,1-4H3. The Kier molecular flexibility index (Phi) is 4.94. The largest absolute Gasteiger partial charge is 0.377 e. The second-order valence-electron chi connectivity index (χ2n) is 5.98. The number of nitrogens with zero attached hydrogens (tertiary/aromatic N) is 5. The lowest BCUT2D eigenvalue weighted by atomic mass is 9.98. The minimum Gasteiger partial charge on any atom is -0.377 e. The first kappa shape index (κ1) is 17.3. The number of aromatic nitrogens is 5. The third-order valence-corrected chi connectivity index (χ3v) is 4.23. The van der Waals surface area contributed by atoms with Crippen molar-refractivity contribution in [3.05, 3.63) is 53.2 Å². The van der Waals surface area contributed by atoms with Gasteiger partial charge in [0.1, 0.15) is 11.5 Å². The van der Waals surface area contributed by atoms with E-state index in [1.807, 2.05) is 30.9 Å². The van der Waals surface area contributed by atoms with Crippen LogP contribution in [-0.2, 0) is 24.8 Å². The van der Waals surface area contributed by atoms with Gasteiger partial charge in [0.25, 0.3) is 0 Å². The summed E-state index contributed by atoms with van der Waals surface area (Å²) in [5, 5.41) is 13.3. The number of methoxy groups -OCH3 is 1. The molecule has 3 rings (SSSR count). The van der Waals surface area contributed by atoms with Crippen LogP contribution in [0.5, 0.6) is 0 Å². The third-order valence-electron chi connectivity index (χ3n) is 4.23. The molecule has 6 nitrogen and oxygen atoms in total. The van der Waals surface area contributed by atoms with Crippen LogP contribution in [-0.4, -0.2) is 31.9 Å². The zero-order chi connectivity index (χ0) is 18.0. The molecule has 0 amide bonds. The molecule has 2 heterocycles. The Labute approximate surface area is 146 Å². The normalized spacial score (nSPS) is 12.5. The van der Waals surface area contributed by atoms with Gasteiger partial charge in [-0.3, -0.25) is 4.68 Å². The summed E-state index contributed by atoms with van der Waals surface area (Å²) in [6.07, 6.45) is 4.21. The smallest absolute Gasteiger partial charge is 0.123 e.